The average Bonchev–Trinajstić information content (AvgIpc) is 2.43. The number of nitrogens with zero attached hydrogens (tertiary/aromatic N) is 1. The molecule has 1 unspecified atom stereocenters. The summed E-state index contributed by atoms with van der Waals surface area (Å²) >= 11 is 0. The lowest BCUT2D eigenvalue weighted by molar-refractivity contribution is 0.218. The maximum absolute atomic E-state index is 9.41. The van der Waals surface area contributed by atoms with Crippen molar-refractivity contribution in [1.29, 1.82) is 0 Å². The lowest BCUT2D eigenvalue weighted by Crippen LogP contribution is -2.35. The Bertz CT molecular complexity index is 507. The Labute approximate surface area is 107 Å². The molecule has 0 amide bonds. The van der Waals surface area contributed by atoms with E-state index in [2.05, 4.69) is 18.2 Å². The van der Waals surface area contributed by atoms with Crippen LogP contribution in [0.1, 0.15) is 6.42 Å². The van der Waals surface area contributed by atoms with Gasteiger partial charge < -0.3 is 15.1 Å². The van der Waals surface area contributed by atoms with Crippen molar-refractivity contribution in [3.63, 3.8) is 0 Å². The zero-order chi connectivity index (χ0) is 13.0. The Morgan fingerprint density at radius 2 is 1.78 bits per heavy atom. The number of likely N-dealkylation sites (N-methyl/N-ethyl adjacent to an activating group) is 1. The van der Waals surface area contributed by atoms with Gasteiger partial charge in [0.2, 0.25) is 0 Å². The number of benzene rings is 2. The zero-order valence-electron chi connectivity index (χ0n) is 10.6. The molecule has 0 spiro atoms. The number of fused-ring (bicyclic) bond motifs is 1. The Morgan fingerprint density at radius 3 is 2.50 bits per heavy atom. The van der Waals surface area contributed by atoms with Gasteiger partial charge in [0.25, 0.3) is 0 Å². The Kier molecular flexibility index (Phi) is 4.18. The summed E-state index contributed by atoms with van der Waals surface area (Å²) in [4.78, 5) is 2.04. The highest BCUT2D eigenvalue weighted by Gasteiger charge is 2.15. The van der Waals surface area contributed by atoms with E-state index in [0.29, 0.717) is 6.42 Å². The summed E-state index contributed by atoms with van der Waals surface area (Å²) in [5, 5.41) is 20.8. The molecule has 2 aromatic rings. The van der Waals surface area contributed by atoms with E-state index >= 15 is 0 Å². The number of hydrogen-bond donors (Lipinski definition) is 2. The number of aliphatic hydroxyl groups is 2. The van der Waals surface area contributed by atoms with Gasteiger partial charge in [-0.2, -0.15) is 0 Å². The van der Waals surface area contributed by atoms with Gasteiger partial charge in [-0.1, -0.05) is 36.4 Å². The van der Waals surface area contributed by atoms with Crippen molar-refractivity contribution in [2.75, 3.05) is 25.2 Å². The van der Waals surface area contributed by atoms with E-state index in [1.165, 1.54) is 10.8 Å². The van der Waals surface area contributed by atoms with E-state index in [1.807, 2.05) is 36.2 Å². The fourth-order valence-corrected chi connectivity index (χ4v) is 2.27. The van der Waals surface area contributed by atoms with Gasteiger partial charge in [0.15, 0.2) is 0 Å². The Balaban J connectivity index is 2.40. The van der Waals surface area contributed by atoms with Crippen LogP contribution in [0.15, 0.2) is 42.5 Å². The molecule has 0 aliphatic carbocycles. The number of aliphatic hydroxyl groups excluding tert-OH is 2. The van der Waals surface area contributed by atoms with E-state index < -0.39 is 0 Å². The van der Waals surface area contributed by atoms with Gasteiger partial charge in [0, 0.05) is 24.7 Å². The van der Waals surface area contributed by atoms with Crippen LogP contribution in [-0.2, 0) is 0 Å². The van der Waals surface area contributed by atoms with Crippen LogP contribution in [0.2, 0.25) is 0 Å². The van der Waals surface area contributed by atoms with Crippen LogP contribution in [0.3, 0.4) is 0 Å². The fourth-order valence-electron chi connectivity index (χ4n) is 2.27. The second-order valence-electron chi connectivity index (χ2n) is 4.46. The molecular weight excluding hydrogens is 226 g/mol. The smallest absolute Gasteiger partial charge is 0.0635 e. The van der Waals surface area contributed by atoms with Crippen molar-refractivity contribution in [1.82, 2.24) is 0 Å². The number of anilines is 1. The molecule has 0 aromatic heterocycles. The van der Waals surface area contributed by atoms with E-state index in [9.17, 15) is 5.11 Å². The van der Waals surface area contributed by atoms with Gasteiger partial charge in [0.1, 0.15) is 0 Å². The molecule has 0 aliphatic rings. The van der Waals surface area contributed by atoms with E-state index in [1.54, 1.807) is 0 Å². The second kappa shape index (κ2) is 5.85. The summed E-state index contributed by atoms with van der Waals surface area (Å²) in [6, 6.07) is 14.3. The van der Waals surface area contributed by atoms with Crippen molar-refractivity contribution in [3.8, 4) is 0 Å². The van der Waals surface area contributed by atoms with Crippen molar-refractivity contribution >= 4 is 16.5 Å². The monoisotopic (exact) mass is 245 g/mol. The van der Waals surface area contributed by atoms with Gasteiger partial charge in [0.05, 0.1) is 12.6 Å². The SMILES string of the molecule is CN(c1cccc2ccccc12)C(CO)CCO. The van der Waals surface area contributed by atoms with Crippen LogP contribution < -0.4 is 4.90 Å². The third-order valence-corrected chi connectivity index (χ3v) is 3.37. The summed E-state index contributed by atoms with van der Waals surface area (Å²) in [7, 11) is 1.96. The normalized spacial score (nSPS) is 12.6. The molecule has 0 fully saturated rings. The quantitative estimate of drug-likeness (QED) is 0.847. The van der Waals surface area contributed by atoms with Gasteiger partial charge in [-0.25, -0.2) is 0 Å². The van der Waals surface area contributed by atoms with Crippen LogP contribution in [0, 0.1) is 0 Å². The number of hydrogen-bond acceptors (Lipinski definition) is 3. The maximum Gasteiger partial charge on any atom is 0.0635 e. The minimum absolute atomic E-state index is 0.0419. The molecule has 3 heteroatoms. The highest BCUT2D eigenvalue weighted by atomic mass is 16.3. The summed E-state index contributed by atoms with van der Waals surface area (Å²) in [5.41, 5.74) is 1.08. The fraction of sp³-hybridized carbons (Fsp3) is 0.333. The molecule has 2 N–H and O–H groups in total. The van der Waals surface area contributed by atoms with Gasteiger partial charge in [-0.05, 0) is 17.9 Å². The van der Waals surface area contributed by atoms with Crippen LogP contribution in [-0.4, -0.2) is 36.5 Å². The molecule has 0 radical (unpaired) electrons. The third-order valence-electron chi connectivity index (χ3n) is 3.37. The van der Waals surface area contributed by atoms with Crippen molar-refractivity contribution in [2.45, 2.75) is 12.5 Å². The van der Waals surface area contributed by atoms with Gasteiger partial charge in [-0.3, -0.25) is 0 Å². The van der Waals surface area contributed by atoms with Crippen molar-refractivity contribution in [3.05, 3.63) is 42.5 Å². The summed E-state index contributed by atoms with van der Waals surface area (Å²) < 4.78 is 0. The van der Waals surface area contributed by atoms with Crippen molar-refractivity contribution < 1.29 is 10.2 Å². The maximum atomic E-state index is 9.41. The van der Waals surface area contributed by atoms with Crippen LogP contribution in [0.25, 0.3) is 10.8 Å². The van der Waals surface area contributed by atoms with Gasteiger partial charge >= 0.3 is 0 Å². The molecule has 0 saturated heterocycles. The predicted octanol–water partition coefficient (Wildman–Crippen LogP) is 2.02. The first-order valence-electron chi connectivity index (χ1n) is 6.20. The second-order valence-corrected chi connectivity index (χ2v) is 4.46. The molecule has 0 bridgehead atoms. The molecule has 18 heavy (non-hydrogen) atoms. The minimum atomic E-state index is -0.0548. The van der Waals surface area contributed by atoms with E-state index in [0.717, 1.165) is 5.69 Å². The molecule has 0 saturated carbocycles. The lowest BCUT2D eigenvalue weighted by Gasteiger charge is -2.29. The molecule has 2 rings (SSSR count). The molecule has 2 aromatic carbocycles. The van der Waals surface area contributed by atoms with Crippen LogP contribution in [0.5, 0.6) is 0 Å². The highest BCUT2D eigenvalue weighted by Crippen LogP contribution is 2.27. The molecular formula is C15H19NO2. The lowest BCUT2D eigenvalue weighted by atomic mass is 10.1. The minimum Gasteiger partial charge on any atom is -0.396 e. The Morgan fingerprint density at radius 1 is 1.06 bits per heavy atom. The first kappa shape index (κ1) is 12.9. The summed E-state index contributed by atoms with van der Waals surface area (Å²) in [6.45, 7) is 0.126. The number of rotatable bonds is 5. The third kappa shape index (κ3) is 2.47. The van der Waals surface area contributed by atoms with Crippen LogP contribution >= 0.6 is 0 Å². The zero-order valence-corrected chi connectivity index (χ0v) is 10.6. The van der Waals surface area contributed by atoms with E-state index in [4.69, 9.17) is 5.11 Å². The first-order valence-corrected chi connectivity index (χ1v) is 6.20. The standard InChI is InChI=1S/C15H19NO2/c1-16(13(11-18)9-10-17)15-8-4-6-12-5-2-3-7-14(12)15/h2-8,13,17-18H,9-11H2,1H3. The molecule has 0 heterocycles. The average molecular weight is 245 g/mol. The van der Waals surface area contributed by atoms with Crippen LogP contribution in [0.4, 0.5) is 5.69 Å². The topological polar surface area (TPSA) is 43.7 Å². The first-order chi connectivity index (χ1) is 8.77. The van der Waals surface area contributed by atoms with E-state index in [-0.39, 0.29) is 19.3 Å². The predicted molar refractivity (Wildman–Crippen MR) is 74.9 cm³/mol. The largest absolute Gasteiger partial charge is 0.396 e. The van der Waals surface area contributed by atoms with Gasteiger partial charge in [-0.15, -0.1) is 0 Å². The molecule has 3 nitrogen and oxygen atoms in total. The summed E-state index contributed by atoms with van der Waals surface area (Å²) in [6.07, 6.45) is 0.566. The molecule has 96 valence electrons. The van der Waals surface area contributed by atoms with Crippen molar-refractivity contribution in [2.24, 2.45) is 0 Å². The Hall–Kier alpha value is -1.58. The summed E-state index contributed by atoms with van der Waals surface area (Å²) in [5.74, 6) is 0. The molecule has 1 atom stereocenters. The molecule has 0 aliphatic heterocycles. The highest BCUT2D eigenvalue weighted by molar-refractivity contribution is 5.94.